The smallest absolute Gasteiger partial charge is 0.304 e. The summed E-state index contributed by atoms with van der Waals surface area (Å²) in [6, 6.07) is 5.83. The molecular weight excluding hydrogens is 290 g/mol. The molecule has 5 nitrogen and oxygen atoms in total. The average Bonchev–Trinajstić information content (AvgIpc) is 2.49. The first-order valence-electron chi connectivity index (χ1n) is 6.88. The van der Waals surface area contributed by atoms with Gasteiger partial charge >= 0.3 is 5.97 Å². The first-order valence-corrected chi connectivity index (χ1v) is 8.04. The van der Waals surface area contributed by atoms with E-state index in [0.717, 1.165) is 35.1 Å². The Balaban J connectivity index is 2.13. The molecule has 1 unspecified atom stereocenters. The van der Waals surface area contributed by atoms with Crippen LogP contribution < -0.4 is 9.47 Å². The molecule has 2 rings (SSSR count). The fraction of sp³-hybridized carbons (Fsp3) is 0.533. The Labute approximate surface area is 129 Å². The summed E-state index contributed by atoms with van der Waals surface area (Å²) in [7, 11) is 3.26. The standard InChI is InChI=1S/C15H21NO4S/c1-19-13-4-3-11(14(8-13)20-2)9-16-5-6-21-10-12(16)7-15(17)18/h3-4,8,12H,5-7,9-10H2,1-2H3,(H,17,18). The van der Waals surface area contributed by atoms with E-state index >= 15 is 0 Å². The summed E-state index contributed by atoms with van der Waals surface area (Å²) in [5, 5.41) is 9.04. The van der Waals surface area contributed by atoms with E-state index in [1.165, 1.54) is 0 Å². The molecule has 0 radical (unpaired) electrons. The van der Waals surface area contributed by atoms with E-state index in [-0.39, 0.29) is 12.5 Å². The van der Waals surface area contributed by atoms with Crippen molar-refractivity contribution < 1.29 is 19.4 Å². The molecule has 116 valence electrons. The summed E-state index contributed by atoms with van der Waals surface area (Å²) < 4.78 is 10.6. The summed E-state index contributed by atoms with van der Waals surface area (Å²) in [5.41, 5.74) is 1.06. The lowest BCUT2D eigenvalue weighted by Gasteiger charge is -2.34. The quantitative estimate of drug-likeness (QED) is 0.868. The highest BCUT2D eigenvalue weighted by atomic mass is 32.2. The fourth-order valence-electron chi connectivity index (χ4n) is 2.49. The van der Waals surface area contributed by atoms with Crippen LogP contribution in [-0.2, 0) is 11.3 Å². The van der Waals surface area contributed by atoms with E-state index in [0.29, 0.717) is 6.54 Å². The fourth-order valence-corrected chi connectivity index (χ4v) is 3.62. The van der Waals surface area contributed by atoms with Crippen LogP contribution in [0.5, 0.6) is 11.5 Å². The highest BCUT2D eigenvalue weighted by Gasteiger charge is 2.25. The van der Waals surface area contributed by atoms with Crippen LogP contribution in [0.4, 0.5) is 0 Å². The Kier molecular flexibility index (Phi) is 5.76. The second kappa shape index (κ2) is 7.56. The van der Waals surface area contributed by atoms with Crippen molar-refractivity contribution in [3.8, 4) is 11.5 Å². The van der Waals surface area contributed by atoms with Gasteiger partial charge in [0.05, 0.1) is 20.6 Å². The normalized spacial score (nSPS) is 19.2. The van der Waals surface area contributed by atoms with Gasteiger partial charge < -0.3 is 14.6 Å². The van der Waals surface area contributed by atoms with E-state index < -0.39 is 5.97 Å². The highest BCUT2D eigenvalue weighted by Crippen LogP contribution is 2.28. The Morgan fingerprint density at radius 1 is 1.43 bits per heavy atom. The zero-order valence-corrected chi connectivity index (χ0v) is 13.2. The predicted octanol–water partition coefficient (Wildman–Crippen LogP) is 2.10. The third-order valence-corrected chi connectivity index (χ3v) is 4.72. The van der Waals surface area contributed by atoms with Crippen molar-refractivity contribution in [2.75, 3.05) is 32.3 Å². The highest BCUT2D eigenvalue weighted by molar-refractivity contribution is 7.99. The zero-order valence-electron chi connectivity index (χ0n) is 12.4. The van der Waals surface area contributed by atoms with Crippen LogP contribution in [0.1, 0.15) is 12.0 Å². The van der Waals surface area contributed by atoms with Crippen LogP contribution in [-0.4, -0.2) is 54.3 Å². The SMILES string of the molecule is COc1ccc(CN2CCSCC2CC(=O)O)c(OC)c1. The van der Waals surface area contributed by atoms with Crippen molar-refractivity contribution in [1.29, 1.82) is 0 Å². The Hall–Kier alpha value is -1.40. The van der Waals surface area contributed by atoms with Gasteiger partial charge in [-0.15, -0.1) is 0 Å². The lowest BCUT2D eigenvalue weighted by molar-refractivity contribution is -0.138. The number of thioether (sulfide) groups is 1. The molecule has 0 amide bonds. The van der Waals surface area contributed by atoms with Gasteiger partial charge in [-0.3, -0.25) is 9.69 Å². The van der Waals surface area contributed by atoms with Gasteiger partial charge in [-0.05, 0) is 6.07 Å². The molecule has 0 spiro atoms. The number of aliphatic carboxylic acids is 1. The van der Waals surface area contributed by atoms with Crippen LogP contribution in [0.15, 0.2) is 18.2 Å². The van der Waals surface area contributed by atoms with Crippen LogP contribution in [0, 0.1) is 0 Å². The second-order valence-corrected chi connectivity index (χ2v) is 6.12. The second-order valence-electron chi connectivity index (χ2n) is 4.97. The number of carbonyl (C=O) groups is 1. The van der Waals surface area contributed by atoms with E-state index in [1.54, 1.807) is 14.2 Å². The molecule has 0 saturated carbocycles. The van der Waals surface area contributed by atoms with Gasteiger partial charge in [-0.2, -0.15) is 11.8 Å². The Bertz CT molecular complexity index is 495. The zero-order chi connectivity index (χ0) is 15.2. The minimum absolute atomic E-state index is 0.0769. The number of benzene rings is 1. The third-order valence-electron chi connectivity index (χ3n) is 3.63. The van der Waals surface area contributed by atoms with Crippen LogP contribution in [0.25, 0.3) is 0 Å². The average molecular weight is 311 g/mol. The molecule has 1 aromatic carbocycles. The number of carboxylic acid groups (broad SMARTS) is 1. The van der Waals surface area contributed by atoms with E-state index in [1.807, 2.05) is 30.0 Å². The van der Waals surface area contributed by atoms with Gasteiger partial charge in [0.25, 0.3) is 0 Å². The largest absolute Gasteiger partial charge is 0.497 e. The van der Waals surface area contributed by atoms with E-state index in [9.17, 15) is 4.79 Å². The molecule has 21 heavy (non-hydrogen) atoms. The first-order chi connectivity index (χ1) is 10.1. The number of methoxy groups -OCH3 is 2. The molecular formula is C15H21NO4S. The molecule has 1 heterocycles. The monoisotopic (exact) mass is 311 g/mol. The molecule has 1 N–H and O–H groups in total. The topological polar surface area (TPSA) is 59.0 Å². The summed E-state index contributed by atoms with van der Waals surface area (Å²) in [4.78, 5) is 13.2. The number of hydrogen-bond acceptors (Lipinski definition) is 5. The molecule has 1 fully saturated rings. The van der Waals surface area contributed by atoms with Crippen molar-refractivity contribution in [3.63, 3.8) is 0 Å². The summed E-state index contributed by atoms with van der Waals surface area (Å²) in [5.74, 6) is 2.70. The van der Waals surface area contributed by atoms with Crippen LogP contribution >= 0.6 is 11.8 Å². The van der Waals surface area contributed by atoms with Gasteiger partial charge in [-0.25, -0.2) is 0 Å². The van der Waals surface area contributed by atoms with Gasteiger partial charge in [0.2, 0.25) is 0 Å². The Morgan fingerprint density at radius 2 is 2.24 bits per heavy atom. The van der Waals surface area contributed by atoms with Gasteiger partial charge in [0, 0.05) is 42.3 Å². The maximum Gasteiger partial charge on any atom is 0.304 e. The van der Waals surface area contributed by atoms with Crippen molar-refractivity contribution in [1.82, 2.24) is 4.90 Å². The maximum absolute atomic E-state index is 11.0. The number of rotatable bonds is 6. The van der Waals surface area contributed by atoms with E-state index in [4.69, 9.17) is 14.6 Å². The van der Waals surface area contributed by atoms with Gasteiger partial charge in [-0.1, -0.05) is 6.07 Å². The van der Waals surface area contributed by atoms with Crippen molar-refractivity contribution >= 4 is 17.7 Å². The molecule has 1 aliphatic heterocycles. The molecule has 1 aliphatic rings. The van der Waals surface area contributed by atoms with Crippen molar-refractivity contribution in [2.45, 2.75) is 19.0 Å². The minimum atomic E-state index is -0.741. The predicted molar refractivity (Wildman–Crippen MR) is 83.3 cm³/mol. The minimum Gasteiger partial charge on any atom is -0.497 e. The van der Waals surface area contributed by atoms with Crippen LogP contribution in [0.3, 0.4) is 0 Å². The van der Waals surface area contributed by atoms with Gasteiger partial charge in [0.15, 0.2) is 0 Å². The molecule has 1 aromatic rings. The summed E-state index contributed by atoms with van der Waals surface area (Å²) >= 11 is 1.82. The molecule has 0 aliphatic carbocycles. The third kappa shape index (κ3) is 4.28. The first kappa shape index (κ1) is 16.0. The maximum atomic E-state index is 11.0. The molecule has 1 saturated heterocycles. The number of hydrogen-bond donors (Lipinski definition) is 1. The van der Waals surface area contributed by atoms with Crippen LogP contribution in [0.2, 0.25) is 0 Å². The number of ether oxygens (including phenoxy) is 2. The van der Waals surface area contributed by atoms with Gasteiger partial charge in [0.1, 0.15) is 11.5 Å². The molecule has 1 atom stereocenters. The molecule has 0 bridgehead atoms. The number of nitrogens with zero attached hydrogens (tertiary/aromatic N) is 1. The molecule has 0 aromatic heterocycles. The lowest BCUT2D eigenvalue weighted by Crippen LogP contribution is -2.43. The molecule has 6 heteroatoms. The van der Waals surface area contributed by atoms with E-state index in [2.05, 4.69) is 4.90 Å². The Morgan fingerprint density at radius 3 is 2.90 bits per heavy atom. The summed E-state index contributed by atoms with van der Waals surface area (Å²) in [6.45, 7) is 1.60. The summed E-state index contributed by atoms with van der Waals surface area (Å²) in [6.07, 6.45) is 0.186. The lowest BCUT2D eigenvalue weighted by atomic mass is 10.1. The van der Waals surface area contributed by atoms with Crippen molar-refractivity contribution in [3.05, 3.63) is 23.8 Å². The number of carboxylic acids is 1. The van der Waals surface area contributed by atoms with Crippen molar-refractivity contribution in [2.24, 2.45) is 0 Å².